The number of thioether (sulfide) groups is 1. The van der Waals surface area contributed by atoms with Crippen LogP contribution in [0.15, 0.2) is 28.3 Å². The number of ether oxygens (including phenoxy) is 1. The van der Waals surface area contributed by atoms with Crippen LogP contribution in [-0.2, 0) is 0 Å². The van der Waals surface area contributed by atoms with Crippen molar-refractivity contribution in [2.75, 3.05) is 12.9 Å². The van der Waals surface area contributed by atoms with Crippen molar-refractivity contribution in [2.24, 2.45) is 10.9 Å². The fourth-order valence-electron chi connectivity index (χ4n) is 1.81. The van der Waals surface area contributed by atoms with Crippen LogP contribution in [0.25, 0.3) is 0 Å². The van der Waals surface area contributed by atoms with Crippen LogP contribution in [0, 0.1) is 0 Å². The van der Waals surface area contributed by atoms with Crippen LogP contribution in [0.2, 0.25) is 0 Å². The Morgan fingerprint density at radius 3 is 2.79 bits per heavy atom. The number of hydrogen-bond acceptors (Lipinski definition) is 4. The van der Waals surface area contributed by atoms with E-state index in [0.717, 1.165) is 17.7 Å². The van der Waals surface area contributed by atoms with E-state index in [1.165, 1.54) is 12.8 Å². The van der Waals surface area contributed by atoms with Crippen molar-refractivity contribution in [3.8, 4) is 5.75 Å². The molecule has 0 atom stereocenters. The Hall–Kier alpha value is -1.36. The first kappa shape index (κ1) is 15.7. The van der Waals surface area contributed by atoms with Crippen molar-refractivity contribution in [1.82, 2.24) is 0 Å². The van der Waals surface area contributed by atoms with E-state index in [4.69, 9.17) is 15.7 Å². The van der Waals surface area contributed by atoms with Crippen molar-refractivity contribution < 1.29 is 9.94 Å². The Morgan fingerprint density at radius 1 is 1.37 bits per heavy atom. The fourth-order valence-corrected chi connectivity index (χ4v) is 2.44. The minimum absolute atomic E-state index is 0.0912. The molecule has 0 aromatic heterocycles. The topological polar surface area (TPSA) is 67.8 Å². The summed E-state index contributed by atoms with van der Waals surface area (Å²) in [6, 6.07) is 5.70. The molecule has 0 saturated carbocycles. The molecule has 0 aliphatic carbocycles. The van der Waals surface area contributed by atoms with Gasteiger partial charge >= 0.3 is 0 Å². The molecule has 0 heterocycles. The number of oxime groups is 1. The quantitative estimate of drug-likeness (QED) is 0.191. The Morgan fingerprint density at radius 2 is 2.16 bits per heavy atom. The van der Waals surface area contributed by atoms with E-state index in [2.05, 4.69) is 12.1 Å². The van der Waals surface area contributed by atoms with E-state index < -0.39 is 0 Å². The van der Waals surface area contributed by atoms with Gasteiger partial charge in [-0.1, -0.05) is 37.4 Å². The molecule has 0 bridgehead atoms. The number of rotatable bonds is 8. The molecule has 0 aliphatic rings. The summed E-state index contributed by atoms with van der Waals surface area (Å²) in [4.78, 5) is 0.946. The van der Waals surface area contributed by atoms with Gasteiger partial charge in [0.25, 0.3) is 0 Å². The highest BCUT2D eigenvalue weighted by atomic mass is 32.2. The predicted molar refractivity (Wildman–Crippen MR) is 80.4 cm³/mol. The average molecular weight is 282 g/mol. The van der Waals surface area contributed by atoms with Crippen molar-refractivity contribution in [2.45, 2.75) is 37.5 Å². The first-order valence-corrected chi connectivity index (χ1v) is 7.74. The smallest absolute Gasteiger partial charge is 0.174 e. The van der Waals surface area contributed by atoms with Gasteiger partial charge in [-0.2, -0.15) is 0 Å². The summed E-state index contributed by atoms with van der Waals surface area (Å²) in [5.74, 6) is 0.771. The van der Waals surface area contributed by atoms with Crippen LogP contribution < -0.4 is 10.5 Å². The van der Waals surface area contributed by atoms with E-state index in [0.29, 0.717) is 17.9 Å². The van der Waals surface area contributed by atoms with Gasteiger partial charge in [-0.3, -0.25) is 0 Å². The maximum atomic E-state index is 8.87. The minimum atomic E-state index is 0.0912. The molecule has 0 saturated heterocycles. The first-order valence-electron chi connectivity index (χ1n) is 6.52. The second-order valence-electron chi connectivity index (χ2n) is 4.23. The van der Waals surface area contributed by atoms with Gasteiger partial charge in [-0.15, -0.1) is 11.8 Å². The summed E-state index contributed by atoms with van der Waals surface area (Å²) in [6.07, 6.45) is 6.57. The lowest BCUT2D eigenvalue weighted by Gasteiger charge is -2.13. The monoisotopic (exact) mass is 282 g/mol. The lowest BCUT2D eigenvalue weighted by molar-refractivity contribution is 0.301. The molecule has 0 spiro atoms. The molecule has 0 aliphatic heterocycles. The van der Waals surface area contributed by atoms with Gasteiger partial charge < -0.3 is 15.7 Å². The molecule has 0 fully saturated rings. The SMILES string of the molecule is CCCCCCOc1cccc(SC)c1/C(N)=N/O. The van der Waals surface area contributed by atoms with Crippen LogP contribution in [0.4, 0.5) is 0 Å². The number of benzene rings is 1. The maximum Gasteiger partial charge on any atom is 0.174 e. The minimum Gasteiger partial charge on any atom is -0.493 e. The number of nitrogens with two attached hydrogens (primary N) is 1. The maximum absolute atomic E-state index is 8.87. The Labute approximate surface area is 119 Å². The van der Waals surface area contributed by atoms with Gasteiger partial charge in [0, 0.05) is 4.90 Å². The highest BCUT2D eigenvalue weighted by Gasteiger charge is 2.13. The van der Waals surface area contributed by atoms with Crippen LogP contribution in [0.5, 0.6) is 5.75 Å². The van der Waals surface area contributed by atoms with Gasteiger partial charge in [-0.25, -0.2) is 0 Å². The van der Waals surface area contributed by atoms with Crippen molar-refractivity contribution >= 4 is 17.6 Å². The summed E-state index contributed by atoms with van der Waals surface area (Å²) in [6.45, 7) is 2.84. The fraction of sp³-hybridized carbons (Fsp3) is 0.500. The van der Waals surface area contributed by atoms with Gasteiger partial charge in [0.1, 0.15) is 5.75 Å². The Bertz CT molecular complexity index is 422. The van der Waals surface area contributed by atoms with Gasteiger partial charge in [0.2, 0.25) is 0 Å². The standard InChI is InChI=1S/C14H22N2O2S/c1-3-4-5-6-10-18-11-8-7-9-12(19-2)13(11)14(15)16-17/h7-9,17H,3-6,10H2,1-2H3,(H2,15,16). The molecule has 0 radical (unpaired) electrons. The summed E-state index contributed by atoms with van der Waals surface area (Å²) in [7, 11) is 0. The zero-order valence-corrected chi connectivity index (χ0v) is 12.4. The summed E-state index contributed by atoms with van der Waals surface area (Å²) < 4.78 is 5.76. The Balaban J connectivity index is 2.76. The second kappa shape index (κ2) is 8.69. The van der Waals surface area contributed by atoms with E-state index in [1.54, 1.807) is 11.8 Å². The number of unbranched alkanes of at least 4 members (excludes halogenated alkanes) is 3. The second-order valence-corrected chi connectivity index (χ2v) is 5.08. The normalized spacial score (nSPS) is 11.6. The first-order chi connectivity index (χ1) is 9.24. The van der Waals surface area contributed by atoms with Gasteiger partial charge in [0.15, 0.2) is 5.84 Å². The molecule has 1 aromatic rings. The van der Waals surface area contributed by atoms with Gasteiger partial charge in [-0.05, 0) is 24.8 Å². The summed E-state index contributed by atoms with van der Waals surface area (Å²) in [5.41, 5.74) is 6.40. The van der Waals surface area contributed by atoms with Crippen molar-refractivity contribution in [3.05, 3.63) is 23.8 Å². The highest BCUT2D eigenvalue weighted by molar-refractivity contribution is 7.98. The lowest BCUT2D eigenvalue weighted by atomic mass is 10.2. The van der Waals surface area contributed by atoms with E-state index in [1.807, 2.05) is 24.5 Å². The van der Waals surface area contributed by atoms with Gasteiger partial charge in [0.05, 0.1) is 12.2 Å². The third kappa shape index (κ3) is 4.67. The molecule has 4 nitrogen and oxygen atoms in total. The Kier molecular flexibility index (Phi) is 7.18. The number of amidine groups is 1. The average Bonchev–Trinajstić information content (AvgIpc) is 2.45. The molecule has 1 aromatic carbocycles. The highest BCUT2D eigenvalue weighted by Crippen LogP contribution is 2.28. The summed E-state index contributed by atoms with van der Waals surface area (Å²) >= 11 is 1.55. The summed E-state index contributed by atoms with van der Waals surface area (Å²) in [5, 5.41) is 12.0. The molecule has 0 amide bonds. The molecular weight excluding hydrogens is 260 g/mol. The number of hydrogen-bond donors (Lipinski definition) is 2. The molecule has 19 heavy (non-hydrogen) atoms. The van der Waals surface area contributed by atoms with Crippen LogP contribution in [0.3, 0.4) is 0 Å². The van der Waals surface area contributed by atoms with Crippen LogP contribution in [0.1, 0.15) is 38.2 Å². The molecule has 106 valence electrons. The van der Waals surface area contributed by atoms with Crippen LogP contribution in [-0.4, -0.2) is 23.9 Å². The van der Waals surface area contributed by atoms with Crippen LogP contribution >= 0.6 is 11.8 Å². The van der Waals surface area contributed by atoms with E-state index in [-0.39, 0.29) is 5.84 Å². The lowest BCUT2D eigenvalue weighted by Crippen LogP contribution is -2.16. The van der Waals surface area contributed by atoms with E-state index >= 15 is 0 Å². The molecule has 3 N–H and O–H groups in total. The third-order valence-electron chi connectivity index (χ3n) is 2.83. The largest absolute Gasteiger partial charge is 0.493 e. The van der Waals surface area contributed by atoms with E-state index in [9.17, 15) is 0 Å². The molecule has 5 heteroatoms. The van der Waals surface area contributed by atoms with Crippen molar-refractivity contribution in [3.63, 3.8) is 0 Å². The van der Waals surface area contributed by atoms with Crippen molar-refractivity contribution in [1.29, 1.82) is 0 Å². The molecule has 1 rings (SSSR count). The molecule has 0 unspecified atom stereocenters. The molecular formula is C14H22N2O2S. The zero-order chi connectivity index (χ0) is 14.1. The number of nitrogens with zero attached hydrogens (tertiary/aromatic N) is 1. The predicted octanol–water partition coefficient (Wildman–Crippen LogP) is 3.46. The zero-order valence-electron chi connectivity index (χ0n) is 11.6. The third-order valence-corrected chi connectivity index (χ3v) is 3.61.